The fourth-order valence-corrected chi connectivity index (χ4v) is 1.68. The van der Waals surface area contributed by atoms with Crippen LogP contribution in [-0.4, -0.2) is 19.3 Å². The minimum atomic E-state index is 0.943. The van der Waals surface area contributed by atoms with Gasteiger partial charge in [-0.25, -0.2) is 0 Å². The Labute approximate surface area is 93.7 Å². The highest BCUT2D eigenvalue weighted by Gasteiger charge is 1.99. The summed E-state index contributed by atoms with van der Waals surface area (Å²) in [5.41, 5.74) is 1.25. The summed E-state index contributed by atoms with van der Waals surface area (Å²) in [6.45, 7) is 1.06. The van der Waals surface area contributed by atoms with Crippen LogP contribution in [0.2, 0.25) is 0 Å². The van der Waals surface area contributed by atoms with Crippen LogP contribution in [0.15, 0.2) is 28.7 Å². The van der Waals surface area contributed by atoms with E-state index in [0.717, 1.165) is 23.2 Å². The summed E-state index contributed by atoms with van der Waals surface area (Å²) in [4.78, 5) is 2.24. The molecular weight excluding hydrogens is 246 g/mol. The Kier molecular flexibility index (Phi) is 4.67. The molecule has 72 valence electrons. The van der Waals surface area contributed by atoms with Crippen LogP contribution in [0.5, 0.6) is 0 Å². The van der Waals surface area contributed by atoms with E-state index in [-0.39, 0.29) is 0 Å². The molecule has 0 saturated heterocycles. The average Bonchev–Trinajstić information content (AvgIpc) is 2.14. The third kappa shape index (κ3) is 3.61. The van der Waals surface area contributed by atoms with Gasteiger partial charge in [-0.2, -0.15) is 12.6 Å². The molecule has 0 bridgehead atoms. The number of rotatable bonds is 4. The van der Waals surface area contributed by atoms with Crippen molar-refractivity contribution in [2.45, 2.75) is 6.42 Å². The normalized spacial score (nSPS) is 10.1. The van der Waals surface area contributed by atoms with Gasteiger partial charge in [-0.1, -0.05) is 22.0 Å². The van der Waals surface area contributed by atoms with E-state index in [9.17, 15) is 0 Å². The predicted molar refractivity (Wildman–Crippen MR) is 65.9 cm³/mol. The minimum Gasteiger partial charge on any atom is -0.375 e. The first kappa shape index (κ1) is 10.9. The smallest absolute Gasteiger partial charge is 0.0374 e. The molecule has 1 aromatic rings. The second-order valence-corrected chi connectivity index (χ2v) is 4.34. The number of nitrogens with zero attached hydrogens (tertiary/aromatic N) is 1. The van der Waals surface area contributed by atoms with Crippen LogP contribution in [0.25, 0.3) is 0 Å². The Balaban J connectivity index is 2.60. The van der Waals surface area contributed by atoms with Crippen molar-refractivity contribution in [1.82, 2.24) is 0 Å². The lowest BCUT2D eigenvalue weighted by Gasteiger charge is -2.18. The van der Waals surface area contributed by atoms with Crippen LogP contribution < -0.4 is 4.90 Å². The molecule has 1 nitrogen and oxygen atoms in total. The molecule has 0 aliphatic rings. The van der Waals surface area contributed by atoms with E-state index in [0.29, 0.717) is 0 Å². The van der Waals surface area contributed by atoms with Gasteiger partial charge in [-0.3, -0.25) is 0 Å². The number of benzene rings is 1. The van der Waals surface area contributed by atoms with Crippen LogP contribution in [0.3, 0.4) is 0 Å². The van der Waals surface area contributed by atoms with Crippen LogP contribution in [0, 0.1) is 0 Å². The number of anilines is 1. The average molecular weight is 260 g/mol. The number of hydrogen-bond donors (Lipinski definition) is 1. The Morgan fingerprint density at radius 1 is 1.46 bits per heavy atom. The van der Waals surface area contributed by atoms with Crippen molar-refractivity contribution in [2.24, 2.45) is 0 Å². The largest absolute Gasteiger partial charge is 0.375 e. The predicted octanol–water partition coefficient (Wildman–Crippen LogP) is 3.21. The molecule has 0 atom stereocenters. The highest BCUT2D eigenvalue weighted by molar-refractivity contribution is 9.10. The zero-order valence-corrected chi connectivity index (χ0v) is 10.2. The molecular formula is C10H14BrNS. The maximum atomic E-state index is 4.19. The molecule has 1 aromatic carbocycles. The van der Waals surface area contributed by atoms with E-state index in [1.165, 1.54) is 5.69 Å². The van der Waals surface area contributed by atoms with Crippen molar-refractivity contribution in [2.75, 3.05) is 24.2 Å². The molecule has 0 aliphatic heterocycles. The van der Waals surface area contributed by atoms with Crippen LogP contribution in [-0.2, 0) is 0 Å². The van der Waals surface area contributed by atoms with Gasteiger partial charge in [0.25, 0.3) is 0 Å². The highest BCUT2D eigenvalue weighted by atomic mass is 79.9. The van der Waals surface area contributed by atoms with E-state index in [2.05, 4.69) is 58.7 Å². The van der Waals surface area contributed by atoms with Gasteiger partial charge in [0.15, 0.2) is 0 Å². The Morgan fingerprint density at radius 2 is 2.23 bits per heavy atom. The third-order valence-corrected chi connectivity index (χ3v) is 2.71. The van der Waals surface area contributed by atoms with E-state index in [4.69, 9.17) is 0 Å². The Bertz CT molecular complexity index is 265. The fraction of sp³-hybridized carbons (Fsp3) is 0.400. The van der Waals surface area contributed by atoms with E-state index in [1.54, 1.807) is 0 Å². The van der Waals surface area contributed by atoms with Crippen molar-refractivity contribution < 1.29 is 0 Å². The number of halogens is 1. The lowest BCUT2D eigenvalue weighted by molar-refractivity contribution is 0.861. The van der Waals surface area contributed by atoms with Crippen molar-refractivity contribution in [3.05, 3.63) is 28.7 Å². The molecule has 0 unspecified atom stereocenters. The highest BCUT2D eigenvalue weighted by Crippen LogP contribution is 2.18. The Morgan fingerprint density at radius 3 is 2.85 bits per heavy atom. The summed E-state index contributed by atoms with van der Waals surface area (Å²) in [5, 5.41) is 0. The number of hydrogen-bond acceptors (Lipinski definition) is 2. The molecule has 0 radical (unpaired) electrons. The summed E-state index contributed by atoms with van der Waals surface area (Å²) in [6.07, 6.45) is 1.12. The lowest BCUT2D eigenvalue weighted by Crippen LogP contribution is -2.18. The monoisotopic (exact) mass is 259 g/mol. The fourth-order valence-electron chi connectivity index (χ4n) is 1.15. The second-order valence-electron chi connectivity index (χ2n) is 2.98. The summed E-state index contributed by atoms with van der Waals surface area (Å²) in [6, 6.07) is 8.33. The van der Waals surface area contributed by atoms with E-state index in [1.807, 2.05) is 6.07 Å². The lowest BCUT2D eigenvalue weighted by atomic mass is 10.3. The van der Waals surface area contributed by atoms with Gasteiger partial charge in [0.2, 0.25) is 0 Å². The van der Waals surface area contributed by atoms with E-state index >= 15 is 0 Å². The molecule has 3 heteroatoms. The summed E-state index contributed by atoms with van der Waals surface area (Å²) in [5.74, 6) is 0.943. The summed E-state index contributed by atoms with van der Waals surface area (Å²) < 4.78 is 1.13. The topological polar surface area (TPSA) is 3.24 Å². The van der Waals surface area contributed by atoms with Crippen molar-refractivity contribution >= 4 is 34.2 Å². The molecule has 1 rings (SSSR count). The quantitative estimate of drug-likeness (QED) is 0.813. The maximum Gasteiger partial charge on any atom is 0.0374 e. The molecule has 0 amide bonds. The van der Waals surface area contributed by atoms with Crippen molar-refractivity contribution in [1.29, 1.82) is 0 Å². The zero-order valence-electron chi connectivity index (χ0n) is 7.70. The third-order valence-electron chi connectivity index (χ3n) is 1.90. The second kappa shape index (κ2) is 5.55. The molecule has 0 heterocycles. The van der Waals surface area contributed by atoms with Gasteiger partial charge < -0.3 is 4.90 Å². The first-order chi connectivity index (χ1) is 6.24. The van der Waals surface area contributed by atoms with Gasteiger partial charge in [0.1, 0.15) is 0 Å². The standard InChI is InChI=1S/C10H14BrNS/c1-12(6-3-7-13)10-5-2-4-9(11)8-10/h2,4-5,8,13H,3,6-7H2,1H3. The zero-order chi connectivity index (χ0) is 9.68. The molecule has 0 saturated carbocycles. The first-order valence-electron chi connectivity index (χ1n) is 4.31. The SMILES string of the molecule is CN(CCCS)c1cccc(Br)c1. The molecule has 0 spiro atoms. The number of thiol groups is 1. The Hall–Kier alpha value is -0.150. The van der Waals surface area contributed by atoms with Crippen LogP contribution in [0.4, 0.5) is 5.69 Å². The van der Waals surface area contributed by atoms with E-state index < -0.39 is 0 Å². The van der Waals surface area contributed by atoms with Gasteiger partial charge in [0, 0.05) is 23.8 Å². The maximum absolute atomic E-state index is 4.19. The van der Waals surface area contributed by atoms with Gasteiger partial charge in [0.05, 0.1) is 0 Å². The van der Waals surface area contributed by atoms with Crippen LogP contribution >= 0.6 is 28.6 Å². The first-order valence-corrected chi connectivity index (χ1v) is 5.74. The van der Waals surface area contributed by atoms with Gasteiger partial charge in [-0.05, 0) is 30.4 Å². The minimum absolute atomic E-state index is 0.943. The summed E-state index contributed by atoms with van der Waals surface area (Å²) >= 11 is 7.65. The van der Waals surface area contributed by atoms with Gasteiger partial charge >= 0.3 is 0 Å². The molecule has 0 aliphatic carbocycles. The molecule has 0 N–H and O–H groups in total. The van der Waals surface area contributed by atoms with Gasteiger partial charge in [-0.15, -0.1) is 0 Å². The summed E-state index contributed by atoms with van der Waals surface area (Å²) in [7, 11) is 2.10. The molecule has 13 heavy (non-hydrogen) atoms. The molecule has 0 fully saturated rings. The van der Waals surface area contributed by atoms with Crippen molar-refractivity contribution in [3.63, 3.8) is 0 Å². The van der Waals surface area contributed by atoms with Crippen LogP contribution in [0.1, 0.15) is 6.42 Å². The van der Waals surface area contributed by atoms with Crippen molar-refractivity contribution in [3.8, 4) is 0 Å². The molecule has 0 aromatic heterocycles.